The first kappa shape index (κ1) is 21.6. The zero-order valence-corrected chi connectivity index (χ0v) is 18.9. The van der Waals surface area contributed by atoms with Crippen molar-refractivity contribution < 1.29 is 19.4 Å². The predicted octanol–water partition coefficient (Wildman–Crippen LogP) is 2.55. The van der Waals surface area contributed by atoms with Gasteiger partial charge in [0.15, 0.2) is 22.1 Å². The van der Waals surface area contributed by atoms with E-state index < -0.39 is 6.04 Å². The van der Waals surface area contributed by atoms with E-state index >= 15 is 0 Å². The second-order valence-corrected chi connectivity index (χ2v) is 8.35. The molecule has 1 atom stereocenters. The Labute approximate surface area is 188 Å². The molecular formula is C24H22N2O5S. The lowest BCUT2D eigenvalue weighted by molar-refractivity contribution is -0.114. The molecule has 0 fully saturated rings. The number of rotatable bonds is 5. The fourth-order valence-electron chi connectivity index (χ4n) is 3.81. The number of aromatic nitrogens is 1. The molecule has 7 nitrogen and oxygen atoms in total. The minimum atomic E-state index is -0.578. The lowest BCUT2D eigenvalue weighted by Gasteiger charge is -2.24. The van der Waals surface area contributed by atoms with Crippen molar-refractivity contribution in [1.82, 2.24) is 4.57 Å². The standard InChI is InChI=1S/C24H22N2O5S/c1-13-21(14(2)27)22(16-6-8-17(30-3)9-7-16)26-23(29)20(32-24(26)25-13)12-15-5-10-18(28)19(11-15)31-4/h5-12,22,28H,1-4H3/b20-12+/t22-/m1/s1. The van der Waals surface area contributed by atoms with E-state index in [0.29, 0.717) is 37.7 Å². The molecule has 0 saturated heterocycles. The first-order valence-corrected chi connectivity index (χ1v) is 10.7. The van der Waals surface area contributed by atoms with Crippen LogP contribution in [0.5, 0.6) is 17.2 Å². The van der Waals surface area contributed by atoms with E-state index in [0.717, 1.165) is 5.56 Å². The molecule has 4 rings (SSSR count). The quantitative estimate of drug-likeness (QED) is 0.645. The van der Waals surface area contributed by atoms with Gasteiger partial charge >= 0.3 is 0 Å². The van der Waals surface area contributed by atoms with Gasteiger partial charge in [-0.3, -0.25) is 14.2 Å². The molecule has 1 N–H and O–H groups in total. The number of allylic oxidation sites excluding steroid dienone is 2. The van der Waals surface area contributed by atoms with Gasteiger partial charge in [0.05, 0.1) is 24.8 Å². The Balaban J connectivity index is 1.93. The van der Waals surface area contributed by atoms with Crippen LogP contribution >= 0.6 is 11.3 Å². The SMILES string of the molecule is COc1ccc([C@@H]2C(C(C)=O)=C(C)N=c3s/c(=C/c4ccc(O)c(OC)c4)c(=O)n32)cc1. The summed E-state index contributed by atoms with van der Waals surface area (Å²) in [6.45, 7) is 3.28. The third-order valence-corrected chi connectivity index (χ3v) is 6.32. The van der Waals surface area contributed by atoms with E-state index in [4.69, 9.17) is 9.47 Å². The normalized spacial score (nSPS) is 15.9. The summed E-state index contributed by atoms with van der Waals surface area (Å²) < 4.78 is 12.4. The summed E-state index contributed by atoms with van der Waals surface area (Å²) in [5.74, 6) is 0.891. The van der Waals surface area contributed by atoms with Crippen LogP contribution < -0.4 is 24.4 Å². The molecule has 0 saturated carbocycles. The number of aromatic hydroxyl groups is 1. The molecule has 0 amide bonds. The van der Waals surface area contributed by atoms with E-state index in [1.54, 1.807) is 48.9 Å². The van der Waals surface area contributed by atoms with Crippen molar-refractivity contribution in [1.29, 1.82) is 0 Å². The second kappa shape index (κ2) is 8.47. The maximum absolute atomic E-state index is 13.5. The Kier molecular flexibility index (Phi) is 5.71. The number of methoxy groups -OCH3 is 2. The molecule has 2 heterocycles. The highest BCUT2D eigenvalue weighted by molar-refractivity contribution is 7.07. The molecule has 1 aliphatic heterocycles. The number of fused-ring (bicyclic) bond motifs is 1. The lowest BCUT2D eigenvalue weighted by Crippen LogP contribution is -2.39. The smallest absolute Gasteiger partial charge is 0.271 e. The molecule has 0 bridgehead atoms. The van der Waals surface area contributed by atoms with E-state index in [1.807, 2.05) is 12.1 Å². The minimum absolute atomic E-state index is 0.0207. The average molecular weight is 451 g/mol. The Morgan fingerprint density at radius 3 is 2.50 bits per heavy atom. The summed E-state index contributed by atoms with van der Waals surface area (Å²) in [6, 6.07) is 11.6. The molecule has 32 heavy (non-hydrogen) atoms. The third-order valence-electron chi connectivity index (χ3n) is 5.33. The minimum Gasteiger partial charge on any atom is -0.504 e. The molecule has 0 spiro atoms. The molecule has 2 aromatic carbocycles. The van der Waals surface area contributed by atoms with Gasteiger partial charge in [0.2, 0.25) is 0 Å². The average Bonchev–Trinajstić information content (AvgIpc) is 3.08. The van der Waals surface area contributed by atoms with Gasteiger partial charge in [-0.15, -0.1) is 0 Å². The van der Waals surface area contributed by atoms with E-state index in [9.17, 15) is 14.7 Å². The number of ether oxygens (including phenoxy) is 2. The molecule has 3 aromatic rings. The topological polar surface area (TPSA) is 90.1 Å². The zero-order valence-electron chi connectivity index (χ0n) is 18.1. The first-order chi connectivity index (χ1) is 15.3. The van der Waals surface area contributed by atoms with Crippen LogP contribution in [0, 0.1) is 0 Å². The van der Waals surface area contributed by atoms with Gasteiger partial charge < -0.3 is 14.6 Å². The van der Waals surface area contributed by atoms with Crippen molar-refractivity contribution in [2.24, 2.45) is 4.99 Å². The fraction of sp³-hybridized carbons (Fsp3) is 0.208. The Morgan fingerprint density at radius 1 is 1.16 bits per heavy atom. The van der Waals surface area contributed by atoms with Crippen LogP contribution in [0.2, 0.25) is 0 Å². The molecule has 1 aliphatic rings. The number of nitrogens with zero attached hydrogens (tertiary/aromatic N) is 2. The molecule has 0 unspecified atom stereocenters. The van der Waals surface area contributed by atoms with Gasteiger partial charge in [-0.2, -0.15) is 0 Å². The fourth-order valence-corrected chi connectivity index (χ4v) is 4.85. The summed E-state index contributed by atoms with van der Waals surface area (Å²) in [5.41, 5.74) is 2.34. The summed E-state index contributed by atoms with van der Waals surface area (Å²) in [6.07, 6.45) is 1.73. The molecular weight excluding hydrogens is 428 g/mol. The maximum Gasteiger partial charge on any atom is 0.271 e. The zero-order chi connectivity index (χ0) is 23.0. The number of hydrogen-bond acceptors (Lipinski definition) is 7. The Bertz CT molecular complexity index is 1410. The molecule has 164 valence electrons. The number of thiazole rings is 1. The van der Waals surface area contributed by atoms with E-state index in [2.05, 4.69) is 4.99 Å². The first-order valence-electron chi connectivity index (χ1n) is 9.88. The number of Topliss-reactive ketones (excluding diaryl/α,β-unsaturated/α-hetero) is 1. The van der Waals surface area contributed by atoms with Crippen LogP contribution in [0.4, 0.5) is 0 Å². The van der Waals surface area contributed by atoms with Crippen LogP contribution in [-0.2, 0) is 4.79 Å². The van der Waals surface area contributed by atoms with Gasteiger partial charge in [-0.25, -0.2) is 4.99 Å². The van der Waals surface area contributed by atoms with Crippen LogP contribution in [0.1, 0.15) is 31.0 Å². The lowest BCUT2D eigenvalue weighted by atomic mass is 9.93. The number of phenolic OH excluding ortho intramolecular Hbond substituents is 1. The van der Waals surface area contributed by atoms with Crippen molar-refractivity contribution in [3.8, 4) is 17.2 Å². The van der Waals surface area contributed by atoms with Crippen LogP contribution in [-0.4, -0.2) is 29.7 Å². The number of ketones is 1. The molecule has 1 aromatic heterocycles. The van der Waals surface area contributed by atoms with Crippen LogP contribution in [0.15, 0.2) is 63.5 Å². The number of carbonyl (C=O) groups excluding carboxylic acids is 1. The van der Waals surface area contributed by atoms with Crippen molar-refractivity contribution >= 4 is 23.2 Å². The van der Waals surface area contributed by atoms with Gasteiger partial charge in [-0.05, 0) is 55.3 Å². The van der Waals surface area contributed by atoms with Crippen molar-refractivity contribution in [2.75, 3.05) is 14.2 Å². The largest absolute Gasteiger partial charge is 0.504 e. The molecule has 8 heteroatoms. The number of carbonyl (C=O) groups is 1. The highest BCUT2D eigenvalue weighted by atomic mass is 32.1. The predicted molar refractivity (Wildman–Crippen MR) is 122 cm³/mol. The van der Waals surface area contributed by atoms with Crippen molar-refractivity contribution in [3.05, 3.63) is 84.5 Å². The summed E-state index contributed by atoms with van der Waals surface area (Å²) in [4.78, 5) is 31.1. The van der Waals surface area contributed by atoms with Gasteiger partial charge in [-0.1, -0.05) is 29.5 Å². The third kappa shape index (κ3) is 3.73. The highest BCUT2D eigenvalue weighted by Crippen LogP contribution is 2.31. The second-order valence-electron chi connectivity index (χ2n) is 7.34. The summed E-state index contributed by atoms with van der Waals surface area (Å²) >= 11 is 1.25. The maximum atomic E-state index is 13.5. The van der Waals surface area contributed by atoms with Gasteiger partial charge in [0.1, 0.15) is 5.75 Å². The van der Waals surface area contributed by atoms with Gasteiger partial charge in [0.25, 0.3) is 5.56 Å². The number of benzene rings is 2. The van der Waals surface area contributed by atoms with E-state index in [1.165, 1.54) is 31.4 Å². The van der Waals surface area contributed by atoms with Crippen molar-refractivity contribution in [3.63, 3.8) is 0 Å². The summed E-state index contributed by atoms with van der Waals surface area (Å²) in [7, 11) is 3.05. The van der Waals surface area contributed by atoms with Gasteiger partial charge in [0, 0.05) is 11.3 Å². The number of hydrogen-bond donors (Lipinski definition) is 1. The summed E-state index contributed by atoms with van der Waals surface area (Å²) in [5, 5.41) is 9.83. The highest BCUT2D eigenvalue weighted by Gasteiger charge is 2.30. The Hall–Kier alpha value is -3.65. The molecule has 0 radical (unpaired) electrons. The monoisotopic (exact) mass is 450 g/mol. The Morgan fingerprint density at radius 2 is 1.88 bits per heavy atom. The number of phenols is 1. The van der Waals surface area contributed by atoms with E-state index in [-0.39, 0.29) is 17.1 Å². The molecule has 0 aliphatic carbocycles. The van der Waals surface area contributed by atoms with Crippen molar-refractivity contribution in [2.45, 2.75) is 19.9 Å². The van der Waals surface area contributed by atoms with Crippen LogP contribution in [0.3, 0.4) is 0 Å². The van der Waals surface area contributed by atoms with Crippen LogP contribution in [0.25, 0.3) is 6.08 Å².